The van der Waals surface area contributed by atoms with Gasteiger partial charge in [-0.15, -0.1) is 5.10 Å². The van der Waals surface area contributed by atoms with Gasteiger partial charge in [0.25, 0.3) is 5.95 Å². The van der Waals surface area contributed by atoms with E-state index in [0.29, 0.717) is 12.5 Å². The predicted molar refractivity (Wildman–Crippen MR) is 66.9 cm³/mol. The first kappa shape index (κ1) is 11.9. The molecule has 0 aliphatic heterocycles. The summed E-state index contributed by atoms with van der Waals surface area (Å²) in [6, 6.07) is 7.68. The maximum absolute atomic E-state index is 6.04. The Balaban J connectivity index is 1.95. The maximum Gasteiger partial charge on any atom is 0.263 e. The molecule has 0 unspecified atom stereocenters. The van der Waals surface area contributed by atoms with Crippen molar-refractivity contribution in [3.8, 4) is 0 Å². The van der Waals surface area contributed by atoms with Crippen molar-refractivity contribution in [3.63, 3.8) is 0 Å². The topological polar surface area (TPSA) is 55.6 Å². The molecule has 1 aromatic carbocycles. The number of anilines is 1. The normalized spacial score (nSPS) is 10.5. The summed E-state index contributed by atoms with van der Waals surface area (Å²) in [6.45, 7) is 3.44. The van der Waals surface area contributed by atoms with Crippen molar-refractivity contribution in [2.75, 3.05) is 5.32 Å². The summed E-state index contributed by atoms with van der Waals surface area (Å²) in [4.78, 5) is 1.58. The Kier molecular flexibility index (Phi) is 3.93. The molecule has 0 aliphatic rings. The van der Waals surface area contributed by atoms with E-state index in [9.17, 15) is 0 Å². The highest BCUT2D eigenvalue weighted by molar-refractivity contribution is 6.31. The Morgan fingerprint density at radius 2 is 2.18 bits per heavy atom. The number of halogens is 1. The molecule has 0 spiro atoms. The van der Waals surface area contributed by atoms with Gasteiger partial charge in [0.15, 0.2) is 0 Å². The molecule has 0 saturated heterocycles. The highest BCUT2D eigenvalue weighted by Gasteiger charge is 2.03. The van der Waals surface area contributed by atoms with E-state index in [1.54, 1.807) is 4.80 Å². The molecule has 0 fully saturated rings. The minimum absolute atomic E-state index is 0.526. The van der Waals surface area contributed by atoms with E-state index < -0.39 is 0 Å². The molecule has 0 amide bonds. The molecule has 2 aromatic rings. The minimum atomic E-state index is 0.526. The largest absolute Gasteiger partial charge is 0.347 e. The van der Waals surface area contributed by atoms with Gasteiger partial charge in [-0.2, -0.15) is 4.80 Å². The molecule has 0 atom stereocenters. The Labute approximate surface area is 105 Å². The number of nitrogens with one attached hydrogen (secondary N) is 1. The van der Waals surface area contributed by atoms with Crippen LogP contribution < -0.4 is 5.32 Å². The quantitative estimate of drug-likeness (QED) is 0.886. The number of hydrogen-bond acceptors (Lipinski definition) is 4. The second-order valence-corrected chi connectivity index (χ2v) is 4.06. The first-order chi connectivity index (χ1) is 8.29. The molecule has 0 saturated carbocycles. The second kappa shape index (κ2) is 5.63. The van der Waals surface area contributed by atoms with Crippen molar-refractivity contribution in [3.05, 3.63) is 34.9 Å². The third-order valence-electron chi connectivity index (χ3n) is 2.27. The molecular weight excluding hydrogens is 238 g/mol. The molecule has 0 bridgehead atoms. The number of benzene rings is 1. The molecule has 1 heterocycles. The van der Waals surface area contributed by atoms with Gasteiger partial charge in [0.2, 0.25) is 0 Å². The van der Waals surface area contributed by atoms with Gasteiger partial charge in [0.05, 0.1) is 6.54 Å². The van der Waals surface area contributed by atoms with E-state index in [1.165, 1.54) is 0 Å². The van der Waals surface area contributed by atoms with E-state index in [4.69, 9.17) is 11.6 Å². The summed E-state index contributed by atoms with van der Waals surface area (Å²) in [5.74, 6) is 0.526. The highest BCUT2D eigenvalue weighted by Crippen LogP contribution is 2.15. The van der Waals surface area contributed by atoms with Crippen LogP contribution in [0.4, 0.5) is 5.95 Å². The maximum atomic E-state index is 6.04. The standard InChI is InChI=1S/C11H14ClN5/c1-2-7-17-15-11(14-16-17)13-8-9-5-3-4-6-10(9)12/h3-6H,2,7-8H2,1H3,(H,13,15). The zero-order chi connectivity index (χ0) is 12.1. The van der Waals surface area contributed by atoms with Gasteiger partial charge in [-0.25, -0.2) is 0 Å². The number of aryl methyl sites for hydroxylation is 1. The van der Waals surface area contributed by atoms with Crippen molar-refractivity contribution < 1.29 is 0 Å². The van der Waals surface area contributed by atoms with Crippen LogP contribution in [0.5, 0.6) is 0 Å². The number of tetrazole rings is 1. The van der Waals surface area contributed by atoms with E-state index >= 15 is 0 Å². The third-order valence-corrected chi connectivity index (χ3v) is 2.64. The second-order valence-electron chi connectivity index (χ2n) is 3.65. The van der Waals surface area contributed by atoms with Gasteiger partial charge in [-0.05, 0) is 23.3 Å². The van der Waals surface area contributed by atoms with E-state index in [-0.39, 0.29) is 0 Å². The third kappa shape index (κ3) is 3.17. The van der Waals surface area contributed by atoms with Crippen molar-refractivity contribution in [2.24, 2.45) is 0 Å². The molecule has 1 N–H and O–H groups in total. The average Bonchev–Trinajstić information content (AvgIpc) is 2.76. The van der Waals surface area contributed by atoms with E-state index in [1.807, 2.05) is 24.3 Å². The lowest BCUT2D eigenvalue weighted by atomic mass is 10.2. The number of aromatic nitrogens is 4. The molecule has 0 radical (unpaired) electrons. The summed E-state index contributed by atoms with van der Waals surface area (Å²) in [5.41, 5.74) is 1.01. The summed E-state index contributed by atoms with van der Waals surface area (Å²) in [6.07, 6.45) is 0.986. The Morgan fingerprint density at radius 1 is 1.35 bits per heavy atom. The van der Waals surface area contributed by atoms with Crippen LogP contribution in [-0.4, -0.2) is 20.2 Å². The van der Waals surface area contributed by atoms with Gasteiger partial charge in [0.1, 0.15) is 0 Å². The first-order valence-electron chi connectivity index (χ1n) is 5.54. The predicted octanol–water partition coefficient (Wildman–Crippen LogP) is 2.35. The van der Waals surface area contributed by atoms with Gasteiger partial charge >= 0.3 is 0 Å². The number of rotatable bonds is 5. The number of nitrogens with zero attached hydrogens (tertiary/aromatic N) is 4. The molecule has 1 aromatic heterocycles. The first-order valence-corrected chi connectivity index (χ1v) is 5.92. The molecule has 0 aliphatic carbocycles. The lowest BCUT2D eigenvalue weighted by molar-refractivity contribution is 0.515. The van der Waals surface area contributed by atoms with Crippen LogP contribution in [0.1, 0.15) is 18.9 Å². The molecule has 2 rings (SSSR count). The fourth-order valence-electron chi connectivity index (χ4n) is 1.42. The Hall–Kier alpha value is -1.62. The van der Waals surface area contributed by atoms with Crippen molar-refractivity contribution in [1.82, 2.24) is 20.2 Å². The van der Waals surface area contributed by atoms with E-state index in [0.717, 1.165) is 23.6 Å². The molecule has 6 heteroatoms. The van der Waals surface area contributed by atoms with Gasteiger partial charge < -0.3 is 5.32 Å². The van der Waals surface area contributed by atoms with Crippen molar-refractivity contribution in [1.29, 1.82) is 0 Å². The molecule has 90 valence electrons. The van der Waals surface area contributed by atoms with Crippen LogP contribution in [0, 0.1) is 0 Å². The molecule has 17 heavy (non-hydrogen) atoms. The van der Waals surface area contributed by atoms with Crippen LogP contribution in [0.3, 0.4) is 0 Å². The smallest absolute Gasteiger partial charge is 0.263 e. The fourth-order valence-corrected chi connectivity index (χ4v) is 1.63. The molecule has 5 nitrogen and oxygen atoms in total. The van der Waals surface area contributed by atoms with Crippen LogP contribution >= 0.6 is 11.6 Å². The average molecular weight is 252 g/mol. The summed E-state index contributed by atoms with van der Waals surface area (Å²) in [7, 11) is 0. The summed E-state index contributed by atoms with van der Waals surface area (Å²) < 4.78 is 0. The number of hydrogen-bond donors (Lipinski definition) is 1. The Morgan fingerprint density at radius 3 is 2.94 bits per heavy atom. The lowest BCUT2D eigenvalue weighted by Gasteiger charge is -2.03. The van der Waals surface area contributed by atoms with Crippen LogP contribution in [0.2, 0.25) is 5.02 Å². The lowest BCUT2D eigenvalue weighted by Crippen LogP contribution is -2.04. The van der Waals surface area contributed by atoms with Crippen LogP contribution in [-0.2, 0) is 13.1 Å². The Bertz CT molecular complexity index is 482. The summed E-state index contributed by atoms with van der Waals surface area (Å²) in [5, 5.41) is 15.8. The van der Waals surface area contributed by atoms with E-state index in [2.05, 4.69) is 27.7 Å². The SMILES string of the molecule is CCCn1nnc(NCc2ccccc2Cl)n1. The zero-order valence-corrected chi connectivity index (χ0v) is 10.4. The summed E-state index contributed by atoms with van der Waals surface area (Å²) >= 11 is 6.04. The van der Waals surface area contributed by atoms with Crippen molar-refractivity contribution in [2.45, 2.75) is 26.4 Å². The highest BCUT2D eigenvalue weighted by atomic mass is 35.5. The molecular formula is C11H14ClN5. The van der Waals surface area contributed by atoms with Gasteiger partial charge in [-0.1, -0.05) is 41.8 Å². The van der Waals surface area contributed by atoms with Gasteiger partial charge in [0, 0.05) is 11.6 Å². The van der Waals surface area contributed by atoms with Gasteiger partial charge in [-0.3, -0.25) is 0 Å². The fraction of sp³-hybridized carbons (Fsp3) is 0.364. The van der Waals surface area contributed by atoms with Crippen LogP contribution in [0.25, 0.3) is 0 Å². The minimum Gasteiger partial charge on any atom is -0.347 e. The van der Waals surface area contributed by atoms with Crippen LogP contribution in [0.15, 0.2) is 24.3 Å². The zero-order valence-electron chi connectivity index (χ0n) is 9.60. The van der Waals surface area contributed by atoms with Crippen molar-refractivity contribution >= 4 is 17.5 Å². The monoisotopic (exact) mass is 251 g/mol.